The van der Waals surface area contributed by atoms with Crippen LogP contribution in [0.15, 0.2) is 42.5 Å². The fourth-order valence-corrected chi connectivity index (χ4v) is 2.42. The lowest BCUT2D eigenvalue weighted by Crippen LogP contribution is -2.31. The van der Waals surface area contributed by atoms with E-state index in [4.69, 9.17) is 9.47 Å². The number of ether oxygens (including phenoxy) is 2. The zero-order chi connectivity index (χ0) is 22.5. The van der Waals surface area contributed by atoms with Gasteiger partial charge in [0, 0.05) is 12.1 Å². The molecule has 0 aliphatic carbocycles. The highest BCUT2D eigenvalue weighted by atomic mass is 19.4. The van der Waals surface area contributed by atoms with Gasteiger partial charge in [-0.1, -0.05) is 12.1 Å². The number of rotatable bonds is 7. The number of benzene rings is 2. The summed E-state index contributed by atoms with van der Waals surface area (Å²) >= 11 is 0. The summed E-state index contributed by atoms with van der Waals surface area (Å²) in [5, 5.41) is 12.7. The highest BCUT2D eigenvalue weighted by Crippen LogP contribution is 2.37. The minimum atomic E-state index is -4.95. The largest absolute Gasteiger partial charge is 0.493 e. The second-order valence-electron chi connectivity index (χ2n) is 5.95. The summed E-state index contributed by atoms with van der Waals surface area (Å²) in [6, 6.07) is 8.01. The van der Waals surface area contributed by atoms with Crippen LogP contribution in [-0.4, -0.2) is 29.5 Å². The number of nitro groups is 1. The summed E-state index contributed by atoms with van der Waals surface area (Å²) in [7, 11) is 0. The van der Waals surface area contributed by atoms with Gasteiger partial charge in [-0.25, -0.2) is 4.79 Å². The molecule has 2 aromatic rings. The van der Waals surface area contributed by atoms with E-state index in [1.54, 1.807) is 19.1 Å². The van der Waals surface area contributed by atoms with Crippen molar-refractivity contribution in [2.75, 3.05) is 11.9 Å². The fraction of sp³-hybridized carbons (Fsp3) is 0.263. The number of carbonyl (C=O) groups excluding carboxylic acids is 2. The molecule has 0 fully saturated rings. The van der Waals surface area contributed by atoms with Crippen molar-refractivity contribution < 1.29 is 37.2 Å². The topological polar surface area (TPSA) is 108 Å². The van der Waals surface area contributed by atoms with Crippen LogP contribution in [0.4, 0.5) is 24.5 Å². The van der Waals surface area contributed by atoms with Crippen LogP contribution >= 0.6 is 0 Å². The Labute approximate surface area is 168 Å². The lowest BCUT2D eigenvalue weighted by atomic mass is 10.1. The van der Waals surface area contributed by atoms with Crippen LogP contribution in [0.25, 0.3) is 0 Å². The molecule has 0 spiro atoms. The van der Waals surface area contributed by atoms with E-state index >= 15 is 0 Å². The number of anilines is 1. The third-order valence-electron chi connectivity index (χ3n) is 3.84. The van der Waals surface area contributed by atoms with Crippen molar-refractivity contribution in [2.45, 2.75) is 26.1 Å². The summed E-state index contributed by atoms with van der Waals surface area (Å²) in [5.41, 5.74) is -2.83. The van der Waals surface area contributed by atoms with Gasteiger partial charge in [-0.05, 0) is 32.0 Å². The van der Waals surface area contributed by atoms with Gasteiger partial charge in [-0.15, -0.1) is 0 Å². The van der Waals surface area contributed by atoms with Crippen LogP contribution in [0, 0.1) is 10.1 Å². The van der Waals surface area contributed by atoms with Crippen molar-refractivity contribution >= 4 is 23.3 Å². The Balaban J connectivity index is 2.18. The molecule has 1 amide bonds. The molecular weight excluding hydrogens is 409 g/mol. The van der Waals surface area contributed by atoms with Gasteiger partial charge in [0.2, 0.25) is 0 Å². The van der Waals surface area contributed by atoms with Gasteiger partial charge in [0.25, 0.3) is 11.6 Å². The van der Waals surface area contributed by atoms with Crippen molar-refractivity contribution in [1.29, 1.82) is 0 Å². The third kappa shape index (κ3) is 5.46. The van der Waals surface area contributed by atoms with Crippen molar-refractivity contribution in [2.24, 2.45) is 0 Å². The Morgan fingerprint density at radius 3 is 2.47 bits per heavy atom. The predicted octanol–water partition coefficient (Wildman–Crippen LogP) is 4.20. The molecule has 1 N–H and O–H groups in total. The lowest BCUT2D eigenvalue weighted by Gasteiger charge is -2.17. The molecule has 0 unspecified atom stereocenters. The lowest BCUT2D eigenvalue weighted by molar-refractivity contribution is -0.385. The monoisotopic (exact) mass is 426 g/mol. The predicted molar refractivity (Wildman–Crippen MR) is 99.2 cm³/mol. The number of hydrogen-bond acceptors (Lipinski definition) is 6. The maximum atomic E-state index is 13.2. The van der Waals surface area contributed by atoms with E-state index in [9.17, 15) is 32.9 Å². The SMILES string of the molecule is CCOc1ccccc1C(=O)O[C@@H](C)C(=O)Nc1ccc([N+](=O)[O-])cc1C(F)(F)F. The number of nitrogens with one attached hydrogen (secondary N) is 1. The van der Waals surface area contributed by atoms with Gasteiger partial charge < -0.3 is 14.8 Å². The fourth-order valence-electron chi connectivity index (χ4n) is 2.42. The van der Waals surface area contributed by atoms with Crippen molar-refractivity contribution in [3.63, 3.8) is 0 Å². The number of non-ortho nitro benzene ring substituents is 1. The van der Waals surface area contributed by atoms with Crippen LogP contribution in [-0.2, 0) is 15.7 Å². The number of carbonyl (C=O) groups is 2. The van der Waals surface area contributed by atoms with E-state index in [-0.39, 0.29) is 17.9 Å². The number of nitrogens with zero attached hydrogens (tertiary/aromatic N) is 1. The van der Waals surface area contributed by atoms with E-state index < -0.39 is 46.0 Å². The van der Waals surface area contributed by atoms with Gasteiger partial charge in [-0.2, -0.15) is 13.2 Å². The Morgan fingerprint density at radius 1 is 1.20 bits per heavy atom. The number of amides is 1. The van der Waals surface area contributed by atoms with Crippen molar-refractivity contribution in [3.05, 3.63) is 63.7 Å². The maximum absolute atomic E-state index is 13.2. The molecule has 160 valence electrons. The molecule has 0 saturated heterocycles. The van der Waals surface area contributed by atoms with E-state index in [1.165, 1.54) is 19.1 Å². The van der Waals surface area contributed by atoms with Crippen LogP contribution in [0.2, 0.25) is 0 Å². The van der Waals surface area contributed by atoms with Gasteiger partial charge in [0.15, 0.2) is 6.10 Å². The molecule has 2 aromatic carbocycles. The van der Waals surface area contributed by atoms with E-state index in [2.05, 4.69) is 0 Å². The number of alkyl halides is 3. The molecule has 2 rings (SSSR count). The zero-order valence-electron chi connectivity index (χ0n) is 15.9. The molecule has 0 bridgehead atoms. The summed E-state index contributed by atoms with van der Waals surface area (Å²) < 4.78 is 50.0. The molecule has 0 aromatic heterocycles. The van der Waals surface area contributed by atoms with E-state index in [0.717, 1.165) is 12.1 Å². The molecule has 0 aliphatic heterocycles. The summed E-state index contributed by atoms with van der Waals surface area (Å²) in [6.07, 6.45) is -6.41. The molecule has 0 aliphatic rings. The summed E-state index contributed by atoms with van der Waals surface area (Å²) in [4.78, 5) is 34.3. The molecule has 11 heteroatoms. The Bertz CT molecular complexity index is 962. The molecule has 0 heterocycles. The molecule has 30 heavy (non-hydrogen) atoms. The average Bonchev–Trinajstić information content (AvgIpc) is 2.67. The number of para-hydroxylation sites is 1. The molecule has 0 saturated carbocycles. The Morgan fingerprint density at radius 2 is 1.87 bits per heavy atom. The first kappa shape index (κ1) is 22.7. The number of nitro benzene ring substituents is 1. The number of halogens is 3. The second-order valence-corrected chi connectivity index (χ2v) is 5.95. The smallest absolute Gasteiger partial charge is 0.418 e. The second kappa shape index (κ2) is 9.25. The van der Waals surface area contributed by atoms with Crippen LogP contribution in [0.1, 0.15) is 29.8 Å². The first-order chi connectivity index (χ1) is 14.0. The van der Waals surface area contributed by atoms with Crippen LogP contribution in [0.3, 0.4) is 0 Å². The molecule has 8 nitrogen and oxygen atoms in total. The highest BCUT2D eigenvalue weighted by molar-refractivity contribution is 5.98. The Kier molecular flexibility index (Phi) is 6.98. The zero-order valence-corrected chi connectivity index (χ0v) is 15.9. The quantitative estimate of drug-likeness (QED) is 0.404. The maximum Gasteiger partial charge on any atom is 0.418 e. The first-order valence-electron chi connectivity index (χ1n) is 8.64. The normalized spacial score (nSPS) is 12.0. The minimum Gasteiger partial charge on any atom is -0.493 e. The van der Waals surface area contributed by atoms with E-state index in [1.807, 2.05) is 5.32 Å². The minimum absolute atomic E-state index is 0.0466. The standard InChI is InChI=1S/C19H17F3N2O6/c1-3-29-16-7-5-4-6-13(16)18(26)30-11(2)17(25)23-15-9-8-12(24(27)28)10-14(15)19(20,21)22/h4-11H,3H2,1-2H3,(H,23,25)/t11-/m0/s1. The van der Waals surface area contributed by atoms with Crippen molar-refractivity contribution in [1.82, 2.24) is 0 Å². The van der Waals surface area contributed by atoms with Crippen LogP contribution < -0.4 is 10.1 Å². The molecule has 1 atom stereocenters. The molecule has 0 radical (unpaired) electrons. The van der Waals surface area contributed by atoms with Gasteiger partial charge >= 0.3 is 12.1 Å². The Hall–Kier alpha value is -3.63. The molecular formula is C19H17F3N2O6. The summed E-state index contributed by atoms with van der Waals surface area (Å²) in [6.45, 7) is 3.16. The average molecular weight is 426 g/mol. The number of esters is 1. The van der Waals surface area contributed by atoms with Crippen molar-refractivity contribution in [3.8, 4) is 5.75 Å². The highest BCUT2D eigenvalue weighted by Gasteiger charge is 2.36. The van der Waals surface area contributed by atoms with Gasteiger partial charge in [-0.3, -0.25) is 14.9 Å². The number of hydrogen-bond donors (Lipinski definition) is 1. The van der Waals surface area contributed by atoms with Gasteiger partial charge in [0.05, 0.1) is 22.8 Å². The first-order valence-corrected chi connectivity index (χ1v) is 8.64. The third-order valence-corrected chi connectivity index (χ3v) is 3.84. The van der Waals surface area contributed by atoms with E-state index in [0.29, 0.717) is 6.07 Å². The summed E-state index contributed by atoms with van der Waals surface area (Å²) in [5.74, 6) is -1.72. The van der Waals surface area contributed by atoms with Crippen LogP contribution in [0.5, 0.6) is 5.75 Å². The van der Waals surface area contributed by atoms with Gasteiger partial charge in [0.1, 0.15) is 11.3 Å².